The van der Waals surface area contributed by atoms with Crippen LogP contribution < -0.4 is 0 Å². The van der Waals surface area contributed by atoms with Crippen molar-refractivity contribution in [3.63, 3.8) is 0 Å². The number of aliphatic imine (C=N–C) groups is 2. The Morgan fingerprint density at radius 1 is 0.429 bits per heavy atom. The Labute approximate surface area is 205 Å². The predicted octanol–water partition coefficient (Wildman–Crippen LogP) is 7.20. The van der Waals surface area contributed by atoms with Gasteiger partial charge in [-0.25, -0.2) is 9.98 Å². The molecule has 0 fully saturated rings. The van der Waals surface area contributed by atoms with Crippen LogP contribution in [0.2, 0.25) is 0 Å². The molecule has 0 aliphatic carbocycles. The fraction of sp³-hybridized carbons (Fsp3) is 0.161. The first kappa shape index (κ1) is 21.4. The van der Waals surface area contributed by atoms with E-state index in [4.69, 9.17) is 19.5 Å². The smallest absolute Gasteiger partial charge is 0.194 e. The van der Waals surface area contributed by atoms with Crippen molar-refractivity contribution in [2.45, 2.75) is 30.7 Å². The van der Waals surface area contributed by atoms with E-state index in [9.17, 15) is 0 Å². The number of nitrogens with zero attached hydrogens (tertiary/aromatic N) is 2. The molecule has 0 N–H and O–H groups in total. The van der Waals surface area contributed by atoms with Gasteiger partial charge in [-0.2, -0.15) is 0 Å². The molecule has 2 heterocycles. The van der Waals surface area contributed by atoms with Crippen LogP contribution in [0.4, 0.5) is 0 Å². The van der Waals surface area contributed by atoms with E-state index >= 15 is 0 Å². The maximum Gasteiger partial charge on any atom is 0.194 e. The molecule has 0 aromatic heterocycles. The summed E-state index contributed by atoms with van der Waals surface area (Å²) in [5, 5.41) is 0. The van der Waals surface area contributed by atoms with Crippen LogP contribution in [0.5, 0.6) is 0 Å². The molecule has 4 aromatic carbocycles. The van der Waals surface area contributed by atoms with Crippen LogP contribution in [-0.4, -0.2) is 11.8 Å². The topological polar surface area (TPSA) is 43.2 Å². The van der Waals surface area contributed by atoms with E-state index < -0.39 is 0 Å². The Bertz CT molecular complexity index is 1220. The van der Waals surface area contributed by atoms with E-state index in [1.54, 1.807) is 0 Å². The molecule has 0 spiro atoms. The van der Waals surface area contributed by atoms with Gasteiger partial charge in [0.2, 0.25) is 0 Å². The lowest BCUT2D eigenvalue weighted by atomic mass is 9.97. The molecule has 0 saturated carbocycles. The number of rotatable bonds is 6. The molecule has 4 heteroatoms. The fourth-order valence-electron chi connectivity index (χ4n) is 4.82. The molecular formula is C31H26N2O2. The zero-order chi connectivity index (χ0) is 23.5. The second kappa shape index (κ2) is 9.59. The molecule has 2 aliphatic rings. The Balaban J connectivity index is 1.29. The third-order valence-electron chi connectivity index (χ3n) is 6.51. The average Bonchev–Trinajstić information content (AvgIpc) is 3.56. The fourth-order valence-corrected chi connectivity index (χ4v) is 4.82. The van der Waals surface area contributed by atoms with Crippen molar-refractivity contribution in [2.75, 3.05) is 0 Å². The highest BCUT2D eigenvalue weighted by Gasteiger charge is 2.37. The molecule has 172 valence electrons. The molecule has 0 radical (unpaired) electrons. The number of hydrogen-bond acceptors (Lipinski definition) is 4. The molecule has 4 aromatic rings. The van der Waals surface area contributed by atoms with E-state index in [0.717, 1.165) is 22.3 Å². The van der Waals surface area contributed by atoms with E-state index in [1.807, 2.05) is 72.8 Å². The van der Waals surface area contributed by atoms with Gasteiger partial charge >= 0.3 is 0 Å². The first-order valence-electron chi connectivity index (χ1n) is 12.0. The molecule has 35 heavy (non-hydrogen) atoms. The van der Waals surface area contributed by atoms with Gasteiger partial charge in [-0.05, 0) is 22.3 Å². The van der Waals surface area contributed by atoms with E-state index in [0.29, 0.717) is 18.2 Å². The minimum Gasteiger partial charge on any atom is -0.470 e. The molecule has 0 amide bonds. The van der Waals surface area contributed by atoms with Crippen molar-refractivity contribution < 1.29 is 9.47 Å². The molecule has 0 bridgehead atoms. The Hall–Kier alpha value is -4.18. The monoisotopic (exact) mass is 458 g/mol. The molecule has 2 aliphatic heterocycles. The number of benzene rings is 4. The standard InChI is InChI=1S/C31H26N2O2/c1-5-13-22(14-6-1)28-30(24-17-9-3-10-18-24)34-26(32-28)21-27-33-29(23-15-7-2-8-16-23)31(35-27)25-19-11-4-12-20-25/h1-20,28-31H,21H2/t28-,29-,30-,31+/m1/s1. The summed E-state index contributed by atoms with van der Waals surface area (Å²) in [5.41, 5.74) is 4.49. The molecule has 4 atom stereocenters. The minimum atomic E-state index is -0.176. The average molecular weight is 459 g/mol. The van der Waals surface area contributed by atoms with Gasteiger partial charge in [-0.3, -0.25) is 0 Å². The molecule has 6 rings (SSSR count). The second-order valence-electron chi connectivity index (χ2n) is 8.83. The van der Waals surface area contributed by atoms with Crippen molar-refractivity contribution in [1.29, 1.82) is 0 Å². The zero-order valence-electron chi connectivity index (χ0n) is 19.3. The summed E-state index contributed by atoms with van der Waals surface area (Å²) in [6.45, 7) is 0. The summed E-state index contributed by atoms with van der Waals surface area (Å²) in [4.78, 5) is 10.0. The highest BCUT2D eigenvalue weighted by molar-refractivity contribution is 5.98. The van der Waals surface area contributed by atoms with Gasteiger partial charge in [0.15, 0.2) is 24.0 Å². The third kappa shape index (κ3) is 4.47. The highest BCUT2D eigenvalue weighted by Crippen LogP contribution is 2.43. The highest BCUT2D eigenvalue weighted by atomic mass is 16.5. The van der Waals surface area contributed by atoms with E-state index in [-0.39, 0.29) is 24.3 Å². The summed E-state index contributed by atoms with van der Waals surface area (Å²) in [5.74, 6) is 1.32. The molecule has 0 saturated heterocycles. The van der Waals surface area contributed by atoms with E-state index in [1.165, 1.54) is 0 Å². The van der Waals surface area contributed by atoms with Gasteiger partial charge < -0.3 is 9.47 Å². The largest absolute Gasteiger partial charge is 0.470 e. The van der Waals surface area contributed by atoms with E-state index in [2.05, 4.69) is 48.5 Å². The quantitative estimate of drug-likeness (QED) is 0.307. The first-order valence-corrected chi connectivity index (χ1v) is 12.0. The Morgan fingerprint density at radius 3 is 1.09 bits per heavy atom. The van der Waals surface area contributed by atoms with Crippen molar-refractivity contribution in [2.24, 2.45) is 9.98 Å². The van der Waals surface area contributed by atoms with Gasteiger partial charge in [0.25, 0.3) is 0 Å². The van der Waals surface area contributed by atoms with Crippen LogP contribution in [0.25, 0.3) is 0 Å². The lowest BCUT2D eigenvalue weighted by molar-refractivity contribution is 0.183. The summed E-state index contributed by atoms with van der Waals surface area (Å²) < 4.78 is 12.9. The lowest BCUT2D eigenvalue weighted by Gasteiger charge is -2.19. The third-order valence-corrected chi connectivity index (χ3v) is 6.51. The second-order valence-corrected chi connectivity index (χ2v) is 8.83. The number of ether oxygens (including phenoxy) is 2. The summed E-state index contributed by atoms with van der Waals surface area (Å²) in [6.07, 6.45) is 0.0789. The van der Waals surface area contributed by atoms with Crippen molar-refractivity contribution in [3.05, 3.63) is 144 Å². The normalized spacial score (nSPS) is 23.2. The van der Waals surface area contributed by atoms with Crippen LogP contribution in [0, 0.1) is 0 Å². The minimum absolute atomic E-state index is 0.106. The molecule has 4 nitrogen and oxygen atoms in total. The van der Waals surface area contributed by atoms with Crippen LogP contribution in [0.1, 0.15) is 53.0 Å². The van der Waals surface area contributed by atoms with Crippen LogP contribution in [0.15, 0.2) is 131 Å². The van der Waals surface area contributed by atoms with Crippen LogP contribution >= 0.6 is 0 Å². The first-order chi connectivity index (χ1) is 17.3. The van der Waals surface area contributed by atoms with Gasteiger partial charge in [-0.15, -0.1) is 0 Å². The molecule has 0 unspecified atom stereocenters. The maximum atomic E-state index is 6.45. The summed E-state index contributed by atoms with van der Waals surface area (Å²) in [6, 6.07) is 41.0. The van der Waals surface area contributed by atoms with Gasteiger partial charge in [0.1, 0.15) is 12.1 Å². The predicted molar refractivity (Wildman–Crippen MR) is 138 cm³/mol. The van der Waals surface area contributed by atoms with Gasteiger partial charge in [-0.1, -0.05) is 121 Å². The SMILES string of the molecule is c1ccc([C@H]2N=C(CC3=N[C@H](c4ccccc4)[C@H](c4ccccc4)O3)O[C@@H]2c2ccccc2)cc1. The number of hydrogen-bond donors (Lipinski definition) is 0. The zero-order valence-corrected chi connectivity index (χ0v) is 19.3. The summed E-state index contributed by atoms with van der Waals surface area (Å²) >= 11 is 0. The Kier molecular flexibility index (Phi) is 5.85. The van der Waals surface area contributed by atoms with Crippen molar-refractivity contribution in [3.8, 4) is 0 Å². The Morgan fingerprint density at radius 2 is 0.743 bits per heavy atom. The summed E-state index contributed by atoms with van der Waals surface area (Å²) in [7, 11) is 0. The maximum absolute atomic E-state index is 6.45. The lowest BCUT2D eigenvalue weighted by Crippen LogP contribution is -2.13. The van der Waals surface area contributed by atoms with Gasteiger partial charge in [0, 0.05) is 0 Å². The van der Waals surface area contributed by atoms with Crippen molar-refractivity contribution >= 4 is 11.8 Å². The van der Waals surface area contributed by atoms with Crippen molar-refractivity contribution in [1.82, 2.24) is 0 Å². The van der Waals surface area contributed by atoms with Crippen LogP contribution in [0.3, 0.4) is 0 Å². The van der Waals surface area contributed by atoms with Crippen LogP contribution in [-0.2, 0) is 9.47 Å². The van der Waals surface area contributed by atoms with Gasteiger partial charge in [0.05, 0.1) is 6.42 Å². The molecular weight excluding hydrogens is 432 g/mol.